The highest BCUT2D eigenvalue weighted by Crippen LogP contribution is 2.31. The number of ether oxygens (including phenoxy) is 1. The van der Waals surface area contributed by atoms with Gasteiger partial charge in [0.25, 0.3) is 10.1 Å². The van der Waals surface area contributed by atoms with Crippen molar-refractivity contribution in [1.82, 2.24) is 4.90 Å². The van der Waals surface area contributed by atoms with Crippen LogP contribution in [0.2, 0.25) is 0 Å². The van der Waals surface area contributed by atoms with Crippen LogP contribution in [0.3, 0.4) is 0 Å². The van der Waals surface area contributed by atoms with Crippen LogP contribution in [-0.4, -0.2) is 63.7 Å². The molecule has 1 aliphatic heterocycles. The van der Waals surface area contributed by atoms with E-state index in [9.17, 15) is 13.2 Å². The van der Waals surface area contributed by atoms with Crippen LogP contribution in [-0.2, 0) is 19.0 Å². The van der Waals surface area contributed by atoms with Crippen LogP contribution in [0.15, 0.2) is 0 Å². The van der Waals surface area contributed by atoms with E-state index >= 15 is 0 Å². The summed E-state index contributed by atoms with van der Waals surface area (Å²) in [6, 6.07) is 0. The third-order valence-corrected chi connectivity index (χ3v) is 3.45. The number of amides is 1. The second kappa shape index (κ2) is 5.85. The molecule has 1 amide bonds. The number of rotatable bonds is 6. The zero-order valence-electron chi connectivity index (χ0n) is 10.6. The minimum Gasteiger partial charge on any atom is -0.465 e. The van der Waals surface area contributed by atoms with Crippen molar-refractivity contribution < 1.29 is 27.2 Å². The van der Waals surface area contributed by atoms with E-state index in [1.165, 1.54) is 4.90 Å². The van der Waals surface area contributed by atoms with Crippen molar-refractivity contribution in [3.8, 4) is 0 Å². The molecule has 1 saturated heterocycles. The summed E-state index contributed by atoms with van der Waals surface area (Å²) in [5.41, 5.74) is -0.572. The Bertz CT molecular complexity index is 395. The van der Waals surface area contributed by atoms with Crippen LogP contribution in [0.4, 0.5) is 4.79 Å². The summed E-state index contributed by atoms with van der Waals surface area (Å²) in [4.78, 5) is 12.1. The van der Waals surface area contributed by atoms with Gasteiger partial charge in [0.15, 0.2) is 0 Å². The van der Waals surface area contributed by atoms with Gasteiger partial charge >= 0.3 is 6.09 Å². The molecule has 0 aromatic heterocycles. The Balaban J connectivity index is 2.68. The average molecular weight is 281 g/mol. The molecule has 0 saturated carbocycles. The Morgan fingerprint density at radius 1 is 1.44 bits per heavy atom. The number of nitrogens with zero attached hydrogens (tertiary/aromatic N) is 1. The predicted molar refractivity (Wildman–Crippen MR) is 63.9 cm³/mol. The van der Waals surface area contributed by atoms with Crippen molar-refractivity contribution in [2.24, 2.45) is 5.41 Å². The van der Waals surface area contributed by atoms with Gasteiger partial charge in [0.05, 0.1) is 19.5 Å². The maximum absolute atomic E-state index is 11.0. The summed E-state index contributed by atoms with van der Waals surface area (Å²) in [5, 5.41) is 8.93. The molecule has 7 nitrogen and oxygen atoms in total. The van der Waals surface area contributed by atoms with Gasteiger partial charge in [-0.2, -0.15) is 8.42 Å². The van der Waals surface area contributed by atoms with Crippen LogP contribution >= 0.6 is 0 Å². The van der Waals surface area contributed by atoms with Crippen molar-refractivity contribution in [2.45, 2.75) is 13.3 Å². The molecule has 1 aliphatic rings. The summed E-state index contributed by atoms with van der Waals surface area (Å²) < 4.78 is 32.2. The molecule has 0 bridgehead atoms. The first-order valence-electron chi connectivity index (χ1n) is 5.68. The minimum atomic E-state index is -3.53. The molecular weight excluding hydrogens is 262 g/mol. The van der Waals surface area contributed by atoms with E-state index in [1.807, 2.05) is 6.92 Å². The molecule has 1 fully saturated rings. The van der Waals surface area contributed by atoms with Gasteiger partial charge in [-0.1, -0.05) is 0 Å². The van der Waals surface area contributed by atoms with Crippen molar-refractivity contribution in [3.63, 3.8) is 0 Å². The van der Waals surface area contributed by atoms with E-state index in [2.05, 4.69) is 0 Å². The van der Waals surface area contributed by atoms with E-state index in [1.54, 1.807) is 0 Å². The highest BCUT2D eigenvalue weighted by Gasteiger charge is 2.41. The smallest absolute Gasteiger partial charge is 0.407 e. The van der Waals surface area contributed by atoms with Gasteiger partial charge in [0.2, 0.25) is 0 Å². The highest BCUT2D eigenvalue weighted by molar-refractivity contribution is 7.85. The van der Waals surface area contributed by atoms with Crippen LogP contribution in [0, 0.1) is 5.41 Å². The topological polar surface area (TPSA) is 93.1 Å². The van der Waals surface area contributed by atoms with E-state index in [0.717, 1.165) is 6.26 Å². The number of hydrogen-bond acceptors (Lipinski definition) is 5. The first kappa shape index (κ1) is 15.2. The lowest BCUT2D eigenvalue weighted by Crippen LogP contribution is -2.38. The molecule has 1 unspecified atom stereocenters. The quantitative estimate of drug-likeness (QED) is 0.707. The van der Waals surface area contributed by atoms with E-state index in [-0.39, 0.29) is 13.2 Å². The summed E-state index contributed by atoms with van der Waals surface area (Å²) in [7, 11) is -3.53. The van der Waals surface area contributed by atoms with Gasteiger partial charge in [-0.25, -0.2) is 4.79 Å². The Labute approximate surface area is 107 Å². The average Bonchev–Trinajstić information content (AvgIpc) is 2.68. The number of carboxylic acid groups (broad SMARTS) is 1. The molecule has 0 radical (unpaired) electrons. The van der Waals surface area contributed by atoms with Crippen LogP contribution in [0.5, 0.6) is 0 Å². The zero-order chi connectivity index (χ0) is 13.8. The summed E-state index contributed by atoms with van der Waals surface area (Å²) in [5.74, 6) is 0. The fraction of sp³-hybridized carbons (Fsp3) is 0.900. The zero-order valence-corrected chi connectivity index (χ0v) is 11.4. The normalized spacial score (nSPS) is 24.4. The van der Waals surface area contributed by atoms with Gasteiger partial charge in [-0.05, 0) is 13.3 Å². The van der Waals surface area contributed by atoms with Gasteiger partial charge in [0.1, 0.15) is 0 Å². The molecule has 0 aromatic carbocycles. The lowest BCUT2D eigenvalue weighted by atomic mass is 9.89. The van der Waals surface area contributed by atoms with Crippen LogP contribution in [0.1, 0.15) is 13.3 Å². The van der Waals surface area contributed by atoms with Crippen molar-refractivity contribution in [2.75, 3.05) is 39.2 Å². The first-order chi connectivity index (χ1) is 8.28. The molecule has 1 N–H and O–H groups in total. The predicted octanol–water partition coefficient (Wildman–Crippen LogP) is 0.369. The Morgan fingerprint density at radius 3 is 2.56 bits per heavy atom. The number of hydrogen-bond donors (Lipinski definition) is 1. The van der Waals surface area contributed by atoms with E-state index in [4.69, 9.17) is 14.0 Å². The van der Waals surface area contributed by atoms with E-state index in [0.29, 0.717) is 26.2 Å². The Morgan fingerprint density at radius 2 is 2.11 bits per heavy atom. The number of likely N-dealkylation sites (tertiary alicyclic amines) is 1. The fourth-order valence-electron chi connectivity index (χ4n) is 1.93. The molecule has 1 heterocycles. The van der Waals surface area contributed by atoms with Gasteiger partial charge in [-0.3, -0.25) is 4.18 Å². The lowest BCUT2D eigenvalue weighted by Gasteiger charge is -2.27. The Kier molecular flexibility index (Phi) is 4.94. The Hall–Kier alpha value is -0.860. The molecule has 0 aromatic rings. The maximum atomic E-state index is 11.0. The fourth-order valence-corrected chi connectivity index (χ4v) is 2.39. The van der Waals surface area contributed by atoms with Crippen molar-refractivity contribution in [1.29, 1.82) is 0 Å². The third-order valence-electron chi connectivity index (χ3n) is 2.90. The van der Waals surface area contributed by atoms with Gasteiger partial charge in [0, 0.05) is 25.1 Å². The largest absolute Gasteiger partial charge is 0.465 e. The van der Waals surface area contributed by atoms with E-state index < -0.39 is 21.6 Å². The van der Waals surface area contributed by atoms with Crippen LogP contribution in [0.25, 0.3) is 0 Å². The molecular formula is C10H19NO6S. The molecule has 1 rings (SSSR count). The summed E-state index contributed by atoms with van der Waals surface area (Å²) in [6.07, 6.45) is 0.507. The monoisotopic (exact) mass is 281 g/mol. The van der Waals surface area contributed by atoms with Gasteiger partial charge < -0.3 is 14.7 Å². The summed E-state index contributed by atoms with van der Waals surface area (Å²) >= 11 is 0. The highest BCUT2D eigenvalue weighted by atomic mass is 32.2. The van der Waals surface area contributed by atoms with Crippen molar-refractivity contribution in [3.05, 3.63) is 0 Å². The second-order valence-electron chi connectivity index (χ2n) is 4.56. The molecule has 0 aliphatic carbocycles. The molecule has 1 atom stereocenters. The number of carbonyl (C=O) groups is 1. The minimum absolute atomic E-state index is 0.0460. The van der Waals surface area contributed by atoms with Crippen molar-refractivity contribution >= 4 is 16.2 Å². The molecule has 18 heavy (non-hydrogen) atoms. The maximum Gasteiger partial charge on any atom is 0.407 e. The lowest BCUT2D eigenvalue weighted by molar-refractivity contribution is 0.0263. The molecule has 106 valence electrons. The molecule has 8 heteroatoms. The third kappa shape index (κ3) is 4.43. The summed E-state index contributed by atoms with van der Waals surface area (Å²) in [6.45, 7) is 3.18. The van der Waals surface area contributed by atoms with Crippen LogP contribution < -0.4 is 0 Å². The first-order valence-corrected chi connectivity index (χ1v) is 7.50. The molecule has 0 spiro atoms. The second-order valence-corrected chi connectivity index (χ2v) is 6.20. The SMILES string of the molecule is CCOCC1(COS(C)(=O)=O)CCN(C(=O)O)C1. The standard InChI is InChI=1S/C10H19NO6S/c1-3-16-7-10(8-17-18(2,14)15)4-5-11(6-10)9(12)13/h3-8H2,1-2H3,(H,12,13). The van der Waals surface area contributed by atoms with Gasteiger partial charge in [-0.15, -0.1) is 0 Å².